The second-order valence-corrected chi connectivity index (χ2v) is 31.4. The van der Waals surface area contributed by atoms with Crippen LogP contribution in [0.1, 0.15) is 202 Å². The third-order valence-electron chi connectivity index (χ3n) is 19.2. The molecular weight excluding hydrogens is 944 g/mol. The topological polar surface area (TPSA) is 24.3 Å². The number of rotatable bonds is 5. The molecule has 0 N–H and O–H groups in total. The molecule has 0 radical (unpaired) electrons. The van der Waals surface area contributed by atoms with Gasteiger partial charge in [-0.15, -0.1) is 0 Å². The molecule has 5 heteroatoms. The Hall–Kier alpha value is -5.81. The van der Waals surface area contributed by atoms with Crippen molar-refractivity contribution in [3.8, 4) is 17.1 Å². The zero-order valence-electron chi connectivity index (χ0n) is 50.9. The van der Waals surface area contributed by atoms with E-state index in [1.807, 2.05) is 0 Å². The van der Waals surface area contributed by atoms with Crippen LogP contribution in [0.15, 0.2) is 121 Å². The Morgan fingerprint density at radius 2 is 0.859 bits per heavy atom. The van der Waals surface area contributed by atoms with Gasteiger partial charge in [-0.05, 0) is 199 Å². The van der Waals surface area contributed by atoms with Crippen molar-refractivity contribution in [3.05, 3.63) is 160 Å². The molecule has 0 spiro atoms. The first kappa shape index (κ1) is 52.9. The quantitative estimate of drug-likeness (QED) is 0.161. The Labute approximate surface area is 470 Å². The van der Waals surface area contributed by atoms with Crippen LogP contribution in [0.25, 0.3) is 17.1 Å². The van der Waals surface area contributed by atoms with Crippen LogP contribution in [0, 0.1) is 17.8 Å². The Morgan fingerprint density at radius 3 is 1.32 bits per heavy atom. The first-order chi connectivity index (χ1) is 36.4. The van der Waals surface area contributed by atoms with E-state index in [-0.39, 0.29) is 44.6 Å². The summed E-state index contributed by atoms with van der Waals surface area (Å²) < 4.78 is 2.55. The van der Waals surface area contributed by atoms with Gasteiger partial charge < -0.3 is 4.90 Å². The molecule has 0 unspecified atom stereocenters. The molecule has 4 saturated carbocycles. The number of anilines is 6. The summed E-state index contributed by atoms with van der Waals surface area (Å²) >= 11 is 0. The normalized spacial score (nSPS) is 21.0. The molecule has 6 aliphatic rings. The predicted octanol–water partition coefficient (Wildman–Crippen LogP) is 17.9. The maximum absolute atomic E-state index is 6.19. The Kier molecular flexibility index (Phi) is 11.9. The summed E-state index contributed by atoms with van der Waals surface area (Å²) in [5, 5.41) is 0. The number of para-hydroxylation sites is 1. The summed E-state index contributed by atoms with van der Waals surface area (Å²) in [7, 11) is 0. The lowest BCUT2D eigenvalue weighted by Gasteiger charge is -2.57. The number of fused-ring (bicyclic) bond motifs is 4. The Morgan fingerprint density at radius 1 is 0.423 bits per heavy atom. The molecule has 4 nitrogen and oxygen atoms in total. The summed E-state index contributed by atoms with van der Waals surface area (Å²) in [6, 6.07) is 48.7. The van der Waals surface area contributed by atoms with E-state index in [1.54, 1.807) is 0 Å². The molecule has 78 heavy (non-hydrogen) atoms. The number of nitrogens with zero attached hydrogens (tertiary/aromatic N) is 4. The molecule has 4 aliphatic carbocycles. The van der Waals surface area contributed by atoms with Crippen molar-refractivity contribution in [3.63, 3.8) is 0 Å². The minimum Gasteiger partial charge on any atom is -0.311 e. The van der Waals surface area contributed by atoms with Gasteiger partial charge in [-0.25, -0.2) is 4.98 Å². The molecular formula is C73H89BN4. The molecule has 1 aromatic heterocycles. The van der Waals surface area contributed by atoms with E-state index >= 15 is 0 Å². The highest BCUT2D eigenvalue weighted by Crippen LogP contribution is 2.62. The highest BCUT2D eigenvalue weighted by Gasteiger charge is 2.54. The van der Waals surface area contributed by atoms with Crippen molar-refractivity contribution in [1.29, 1.82) is 0 Å². The molecule has 7 aromatic rings. The van der Waals surface area contributed by atoms with Crippen LogP contribution in [0.3, 0.4) is 0 Å². The van der Waals surface area contributed by atoms with E-state index in [0.29, 0.717) is 0 Å². The number of aromatic nitrogens is 2. The van der Waals surface area contributed by atoms with Gasteiger partial charge in [0, 0.05) is 39.7 Å². The molecule has 4 bridgehead atoms. The molecule has 6 aromatic carbocycles. The molecule has 4 fully saturated rings. The predicted molar refractivity (Wildman–Crippen MR) is 335 cm³/mol. The highest BCUT2D eigenvalue weighted by atomic mass is 15.3. The summed E-state index contributed by atoms with van der Waals surface area (Å²) in [6.45, 7) is 42.6. The maximum Gasteiger partial charge on any atom is 0.277 e. The molecule has 2 aliphatic heterocycles. The van der Waals surface area contributed by atoms with Gasteiger partial charge in [-0.2, -0.15) is 0 Å². The van der Waals surface area contributed by atoms with Crippen molar-refractivity contribution in [2.45, 2.75) is 201 Å². The van der Waals surface area contributed by atoms with Gasteiger partial charge in [0.25, 0.3) is 6.71 Å². The summed E-state index contributed by atoms with van der Waals surface area (Å²) in [5.41, 5.74) is 21.7. The van der Waals surface area contributed by atoms with Crippen LogP contribution in [0.5, 0.6) is 0 Å². The summed E-state index contributed by atoms with van der Waals surface area (Å²) in [5.74, 6) is 4.51. The third-order valence-corrected chi connectivity index (χ3v) is 19.2. The molecule has 0 saturated heterocycles. The van der Waals surface area contributed by atoms with Crippen molar-refractivity contribution in [2.24, 2.45) is 17.8 Å². The number of benzene rings is 6. The number of imidazole rings is 1. The Bertz CT molecular complexity index is 3390. The van der Waals surface area contributed by atoms with Crippen LogP contribution in [-0.2, 0) is 37.9 Å². The van der Waals surface area contributed by atoms with E-state index in [4.69, 9.17) is 4.98 Å². The van der Waals surface area contributed by atoms with E-state index in [2.05, 4.69) is 260 Å². The minimum absolute atomic E-state index is 0.0151. The number of hydrogen-bond acceptors (Lipinski definition) is 3. The van der Waals surface area contributed by atoms with Gasteiger partial charge in [0.15, 0.2) is 0 Å². The van der Waals surface area contributed by atoms with Gasteiger partial charge in [0.05, 0.1) is 5.59 Å². The molecule has 3 heterocycles. The number of hydrogen-bond donors (Lipinski definition) is 0. The largest absolute Gasteiger partial charge is 0.311 e. The Balaban J connectivity index is 1.27. The third kappa shape index (κ3) is 8.91. The van der Waals surface area contributed by atoms with E-state index in [9.17, 15) is 0 Å². The van der Waals surface area contributed by atoms with Gasteiger partial charge >= 0.3 is 0 Å². The zero-order valence-corrected chi connectivity index (χ0v) is 50.9. The summed E-state index contributed by atoms with van der Waals surface area (Å²) in [6.07, 6.45) is 8.08. The van der Waals surface area contributed by atoms with E-state index in [0.717, 1.165) is 46.2 Å². The lowest BCUT2D eigenvalue weighted by Crippen LogP contribution is -2.62. The maximum atomic E-state index is 6.19. The van der Waals surface area contributed by atoms with Crippen LogP contribution >= 0.6 is 0 Å². The highest BCUT2D eigenvalue weighted by molar-refractivity contribution is 7.00. The van der Waals surface area contributed by atoms with Gasteiger partial charge in [-0.3, -0.25) is 9.47 Å². The second kappa shape index (κ2) is 17.6. The van der Waals surface area contributed by atoms with Crippen molar-refractivity contribution >= 4 is 57.5 Å². The molecule has 0 amide bonds. The van der Waals surface area contributed by atoms with Crippen LogP contribution in [-0.4, -0.2) is 16.3 Å². The minimum atomic E-state index is -0.154. The van der Waals surface area contributed by atoms with Crippen LogP contribution in [0.2, 0.25) is 0 Å². The fourth-order valence-corrected chi connectivity index (χ4v) is 14.9. The van der Waals surface area contributed by atoms with E-state index in [1.165, 1.54) is 117 Å². The van der Waals surface area contributed by atoms with Gasteiger partial charge in [0.2, 0.25) is 0 Å². The lowest BCUT2D eigenvalue weighted by molar-refractivity contribution is -0.00514. The van der Waals surface area contributed by atoms with Crippen LogP contribution < -0.4 is 26.3 Å². The molecule has 13 rings (SSSR count). The zero-order chi connectivity index (χ0) is 55.6. The van der Waals surface area contributed by atoms with Crippen LogP contribution in [0.4, 0.5) is 34.3 Å². The van der Waals surface area contributed by atoms with Gasteiger partial charge in [-0.1, -0.05) is 191 Å². The molecule has 404 valence electrons. The summed E-state index contributed by atoms with van der Waals surface area (Å²) in [4.78, 5) is 11.7. The van der Waals surface area contributed by atoms with Crippen molar-refractivity contribution in [2.75, 3.05) is 9.80 Å². The smallest absolute Gasteiger partial charge is 0.277 e. The fourth-order valence-electron chi connectivity index (χ4n) is 14.9. The molecule has 0 atom stereocenters. The monoisotopic (exact) mass is 1030 g/mol. The van der Waals surface area contributed by atoms with Gasteiger partial charge in [0.1, 0.15) is 11.6 Å². The van der Waals surface area contributed by atoms with E-state index < -0.39 is 0 Å². The average molecular weight is 1030 g/mol. The first-order valence-corrected chi connectivity index (χ1v) is 29.9. The van der Waals surface area contributed by atoms with Crippen molar-refractivity contribution in [1.82, 2.24) is 9.55 Å². The SMILES string of the molecule is CC(C)(C)c1ccc(-c2nc3c(n2-c2ccccc2)N(c2cc(C(C)(C)C)cc(C(C)(C)C)c2)c2cc(C45CC6CC(CC(C6)C4)C5)cc4c2B3c2cc(C(C)(C)C)ccc2N4c2cc(C(C)(C)C)cc(C(C)(C)C)c2)cc1. The average Bonchev–Trinajstić information content (AvgIpc) is 2.41. The first-order valence-electron chi connectivity index (χ1n) is 29.9. The standard InChI is InChI=1S/C73H89BN4/c1-67(2,3)49-26-24-48(25-27-49)65-75-64-66(78(65)56-22-20-19-21-23-56)77(58-37-53(71(13,14)15)34-54(38-58)72(16,17)18)62-41-55(73-42-45-30-46(43-73)32-47(31-45)44-73)40-61-63(62)74(64)59-39-50(68(4,5)6)28-29-60(59)76(61)57-35-51(69(7,8)9)33-52(36-57)70(10,11)12/h19-29,33-41,45-47H,30-32,42-44H2,1-18H3. The second-order valence-electron chi connectivity index (χ2n) is 31.4. The van der Waals surface area contributed by atoms with Crippen molar-refractivity contribution < 1.29 is 0 Å². The fraction of sp³-hybridized carbons (Fsp3) is 0.466. The lowest BCUT2D eigenvalue weighted by atomic mass is 9.35.